The minimum Gasteiger partial charge on any atom is -0.333 e. The molecule has 0 saturated heterocycles. The molecule has 0 unspecified atom stereocenters. The Balaban J connectivity index is 3.70. The molecule has 0 aliphatic rings. The molecule has 0 rings (SSSR count). The summed E-state index contributed by atoms with van der Waals surface area (Å²) < 4.78 is 0. The van der Waals surface area contributed by atoms with Crippen molar-refractivity contribution >= 4 is 17.6 Å². The highest BCUT2D eigenvalue weighted by Gasteiger charge is 2.11. The predicted octanol–water partition coefficient (Wildman–Crippen LogP) is 1.79. The first-order valence-corrected chi connectivity index (χ1v) is 3.73. The van der Waals surface area contributed by atoms with E-state index in [0.29, 0.717) is 0 Å². The van der Waals surface area contributed by atoms with Gasteiger partial charge in [-0.05, 0) is 20.8 Å². The fraction of sp³-hybridized carbons (Fsp3) is 0.571. The summed E-state index contributed by atoms with van der Waals surface area (Å²) in [5.74, 6) is 0. The molecule has 0 saturated carbocycles. The Morgan fingerprint density at radius 3 is 2.36 bits per heavy atom. The Bertz CT molecular complexity index is 160. The SMILES string of the molecule is CC(C)(C)NC(=O)N/C=C/Cl. The average Bonchev–Trinajstić information content (AvgIpc) is 1.79. The molecule has 0 aromatic carbocycles. The molecule has 4 heteroatoms. The molecule has 0 bridgehead atoms. The number of carbonyl (C=O) groups excluding carboxylic acids is 1. The van der Waals surface area contributed by atoms with E-state index in [4.69, 9.17) is 11.6 Å². The van der Waals surface area contributed by atoms with Gasteiger partial charge < -0.3 is 10.6 Å². The van der Waals surface area contributed by atoms with Crippen molar-refractivity contribution in [3.05, 3.63) is 11.7 Å². The molecule has 0 radical (unpaired) electrons. The van der Waals surface area contributed by atoms with Crippen LogP contribution in [-0.2, 0) is 0 Å². The molecular weight excluding hydrogens is 164 g/mol. The highest BCUT2D eigenvalue weighted by molar-refractivity contribution is 6.25. The third kappa shape index (κ3) is 7.19. The fourth-order valence-corrected chi connectivity index (χ4v) is 0.547. The maximum Gasteiger partial charge on any atom is 0.319 e. The van der Waals surface area contributed by atoms with Gasteiger partial charge in [-0.3, -0.25) is 0 Å². The van der Waals surface area contributed by atoms with Gasteiger partial charge in [0.1, 0.15) is 0 Å². The number of amides is 2. The van der Waals surface area contributed by atoms with Gasteiger partial charge in [0.25, 0.3) is 0 Å². The minimum atomic E-state index is -0.255. The van der Waals surface area contributed by atoms with Gasteiger partial charge in [-0.1, -0.05) is 11.6 Å². The summed E-state index contributed by atoms with van der Waals surface area (Å²) in [4.78, 5) is 10.9. The molecule has 0 aromatic rings. The molecule has 0 atom stereocenters. The van der Waals surface area contributed by atoms with Gasteiger partial charge in [0.2, 0.25) is 0 Å². The van der Waals surface area contributed by atoms with Crippen LogP contribution in [0.15, 0.2) is 11.7 Å². The average molecular weight is 177 g/mol. The van der Waals surface area contributed by atoms with Crippen LogP contribution in [-0.4, -0.2) is 11.6 Å². The zero-order valence-corrected chi connectivity index (χ0v) is 7.70. The zero-order valence-electron chi connectivity index (χ0n) is 6.94. The van der Waals surface area contributed by atoms with E-state index >= 15 is 0 Å². The second-order valence-electron chi connectivity index (χ2n) is 3.14. The van der Waals surface area contributed by atoms with E-state index in [2.05, 4.69) is 10.6 Å². The lowest BCUT2D eigenvalue weighted by Crippen LogP contribution is -2.44. The maximum absolute atomic E-state index is 10.9. The molecule has 0 aliphatic heterocycles. The number of carbonyl (C=O) groups is 1. The number of hydrogen-bond donors (Lipinski definition) is 2. The summed E-state index contributed by atoms with van der Waals surface area (Å²) in [6, 6.07) is -0.255. The molecule has 0 aliphatic carbocycles. The van der Waals surface area contributed by atoms with Crippen molar-refractivity contribution in [1.29, 1.82) is 0 Å². The van der Waals surface area contributed by atoms with Crippen molar-refractivity contribution in [1.82, 2.24) is 10.6 Å². The van der Waals surface area contributed by atoms with E-state index in [1.54, 1.807) is 0 Å². The van der Waals surface area contributed by atoms with Crippen LogP contribution >= 0.6 is 11.6 Å². The summed E-state index contributed by atoms with van der Waals surface area (Å²) in [6.07, 6.45) is 1.36. The molecule has 11 heavy (non-hydrogen) atoms. The Hall–Kier alpha value is -0.700. The van der Waals surface area contributed by atoms with Gasteiger partial charge in [-0.15, -0.1) is 0 Å². The first-order valence-electron chi connectivity index (χ1n) is 3.29. The number of rotatable bonds is 1. The number of halogens is 1. The Kier molecular flexibility index (Phi) is 3.97. The lowest BCUT2D eigenvalue weighted by atomic mass is 10.1. The van der Waals surface area contributed by atoms with Crippen LogP contribution in [0.1, 0.15) is 20.8 Å². The summed E-state index contributed by atoms with van der Waals surface area (Å²) in [7, 11) is 0. The van der Waals surface area contributed by atoms with Crippen LogP contribution in [0.25, 0.3) is 0 Å². The summed E-state index contributed by atoms with van der Waals surface area (Å²) >= 11 is 5.19. The molecule has 0 spiro atoms. The first kappa shape index (κ1) is 10.3. The van der Waals surface area contributed by atoms with Crippen LogP contribution in [0.2, 0.25) is 0 Å². The Morgan fingerprint density at radius 2 is 2.00 bits per heavy atom. The van der Waals surface area contributed by atoms with Gasteiger partial charge in [0.05, 0.1) is 0 Å². The standard InChI is InChI=1S/C7H13ClN2O/c1-7(2,3)10-6(11)9-5-4-8/h4-5H,1-3H3,(H2,9,10,11)/b5-4+. The van der Waals surface area contributed by atoms with Crippen LogP contribution in [0.4, 0.5) is 4.79 Å². The number of nitrogens with one attached hydrogen (secondary N) is 2. The molecule has 0 heterocycles. The van der Waals surface area contributed by atoms with Gasteiger partial charge >= 0.3 is 6.03 Å². The van der Waals surface area contributed by atoms with Gasteiger partial charge in [-0.25, -0.2) is 4.79 Å². The quantitative estimate of drug-likeness (QED) is 0.629. The Morgan fingerprint density at radius 1 is 1.45 bits per heavy atom. The van der Waals surface area contributed by atoms with Crippen molar-refractivity contribution in [3.8, 4) is 0 Å². The molecule has 0 aromatic heterocycles. The van der Waals surface area contributed by atoms with E-state index in [1.807, 2.05) is 20.8 Å². The third-order valence-corrected chi connectivity index (χ3v) is 0.892. The van der Waals surface area contributed by atoms with Crippen molar-refractivity contribution < 1.29 is 4.79 Å². The fourth-order valence-electron chi connectivity index (χ4n) is 0.484. The van der Waals surface area contributed by atoms with E-state index in [9.17, 15) is 4.79 Å². The third-order valence-electron chi connectivity index (χ3n) is 0.766. The molecule has 3 nitrogen and oxygen atoms in total. The number of urea groups is 1. The smallest absolute Gasteiger partial charge is 0.319 e. The molecule has 2 N–H and O–H groups in total. The van der Waals surface area contributed by atoms with Crippen LogP contribution < -0.4 is 10.6 Å². The van der Waals surface area contributed by atoms with Crippen LogP contribution in [0.5, 0.6) is 0 Å². The normalized spacial score (nSPS) is 11.6. The highest BCUT2D eigenvalue weighted by atomic mass is 35.5. The Labute approximate surface area is 71.8 Å². The van der Waals surface area contributed by atoms with Gasteiger partial charge in [-0.2, -0.15) is 0 Å². The van der Waals surface area contributed by atoms with E-state index < -0.39 is 0 Å². The largest absolute Gasteiger partial charge is 0.333 e. The molecular formula is C7H13ClN2O. The lowest BCUT2D eigenvalue weighted by Gasteiger charge is -2.19. The second-order valence-corrected chi connectivity index (χ2v) is 3.39. The zero-order chi connectivity index (χ0) is 8.91. The van der Waals surface area contributed by atoms with E-state index in [-0.39, 0.29) is 11.6 Å². The van der Waals surface area contributed by atoms with Crippen LogP contribution in [0, 0.1) is 0 Å². The van der Waals surface area contributed by atoms with Crippen molar-refractivity contribution in [2.24, 2.45) is 0 Å². The van der Waals surface area contributed by atoms with Crippen molar-refractivity contribution in [3.63, 3.8) is 0 Å². The van der Waals surface area contributed by atoms with E-state index in [1.165, 1.54) is 11.7 Å². The molecule has 0 fully saturated rings. The second kappa shape index (κ2) is 4.23. The number of hydrogen-bond acceptors (Lipinski definition) is 1. The topological polar surface area (TPSA) is 41.1 Å². The predicted molar refractivity (Wildman–Crippen MR) is 46.4 cm³/mol. The van der Waals surface area contributed by atoms with Gasteiger partial charge in [0.15, 0.2) is 0 Å². The minimum absolute atomic E-state index is 0.218. The summed E-state index contributed by atoms with van der Waals surface area (Å²) in [5.41, 5.74) is 1.02. The summed E-state index contributed by atoms with van der Waals surface area (Å²) in [5, 5.41) is 5.12. The lowest BCUT2D eigenvalue weighted by molar-refractivity contribution is 0.235. The van der Waals surface area contributed by atoms with Crippen molar-refractivity contribution in [2.45, 2.75) is 26.3 Å². The van der Waals surface area contributed by atoms with Crippen LogP contribution in [0.3, 0.4) is 0 Å². The van der Waals surface area contributed by atoms with Crippen molar-refractivity contribution in [2.75, 3.05) is 0 Å². The first-order chi connectivity index (χ1) is 4.95. The van der Waals surface area contributed by atoms with E-state index in [0.717, 1.165) is 0 Å². The van der Waals surface area contributed by atoms with Gasteiger partial charge in [0, 0.05) is 17.3 Å². The monoisotopic (exact) mass is 176 g/mol. The highest BCUT2D eigenvalue weighted by Crippen LogP contribution is 1.97. The maximum atomic E-state index is 10.9. The summed E-state index contributed by atoms with van der Waals surface area (Å²) in [6.45, 7) is 5.70. The molecule has 64 valence electrons. The molecule has 2 amide bonds.